The zero-order valence-corrected chi connectivity index (χ0v) is 14.3. The molecule has 2 aromatic rings. The van der Waals surface area contributed by atoms with E-state index in [0.29, 0.717) is 19.5 Å². The van der Waals surface area contributed by atoms with Crippen molar-refractivity contribution in [3.8, 4) is 0 Å². The number of aryl methyl sites for hydroxylation is 1. The summed E-state index contributed by atoms with van der Waals surface area (Å²) in [4.78, 5) is 32.4. The zero-order chi connectivity index (χ0) is 17.6. The summed E-state index contributed by atoms with van der Waals surface area (Å²) >= 11 is 0. The van der Waals surface area contributed by atoms with Crippen molar-refractivity contribution < 1.29 is 4.79 Å². The van der Waals surface area contributed by atoms with Gasteiger partial charge in [0.15, 0.2) is 0 Å². The lowest BCUT2D eigenvalue weighted by atomic mass is 9.95. The van der Waals surface area contributed by atoms with Crippen molar-refractivity contribution in [2.24, 2.45) is 0 Å². The van der Waals surface area contributed by atoms with Crippen LogP contribution in [0.4, 0.5) is 4.79 Å². The molecule has 1 aliphatic rings. The molecule has 1 saturated heterocycles. The van der Waals surface area contributed by atoms with E-state index in [9.17, 15) is 9.59 Å². The van der Waals surface area contributed by atoms with E-state index in [4.69, 9.17) is 0 Å². The van der Waals surface area contributed by atoms with Gasteiger partial charge in [-0.2, -0.15) is 0 Å². The largest absolute Gasteiger partial charge is 0.338 e. The van der Waals surface area contributed by atoms with Crippen LogP contribution in [-0.4, -0.2) is 55.3 Å². The topological polar surface area (TPSA) is 109 Å². The number of carbonyl (C=O) groups is 1. The number of piperidine rings is 1. The van der Waals surface area contributed by atoms with Gasteiger partial charge in [-0.3, -0.25) is 4.79 Å². The van der Waals surface area contributed by atoms with Gasteiger partial charge in [0.25, 0.3) is 5.56 Å². The minimum absolute atomic E-state index is 0.0860. The van der Waals surface area contributed by atoms with Gasteiger partial charge in [0, 0.05) is 44.6 Å². The third-order valence-electron chi connectivity index (χ3n) is 4.49. The first kappa shape index (κ1) is 17.1. The summed E-state index contributed by atoms with van der Waals surface area (Å²) < 4.78 is 1.96. The minimum Gasteiger partial charge on any atom is -0.338 e. The summed E-state index contributed by atoms with van der Waals surface area (Å²) in [5, 5.41) is 10.9. The van der Waals surface area contributed by atoms with Crippen LogP contribution >= 0.6 is 0 Å². The van der Waals surface area contributed by atoms with E-state index < -0.39 is 0 Å². The number of nitrogens with zero attached hydrogens (tertiary/aromatic N) is 5. The van der Waals surface area contributed by atoms with Gasteiger partial charge in [-0.05, 0) is 19.8 Å². The molecular formula is C16H23N7O2. The Morgan fingerprint density at radius 3 is 3.16 bits per heavy atom. The number of likely N-dealkylation sites (tertiary alicyclic amines) is 1. The highest BCUT2D eigenvalue weighted by Crippen LogP contribution is 2.24. The van der Waals surface area contributed by atoms with Gasteiger partial charge in [-0.15, -0.1) is 10.2 Å². The lowest BCUT2D eigenvalue weighted by molar-refractivity contribution is 0.179. The highest BCUT2D eigenvalue weighted by atomic mass is 16.2. The summed E-state index contributed by atoms with van der Waals surface area (Å²) in [6.07, 6.45) is 5.59. The Hall–Kier alpha value is -2.71. The molecule has 9 heteroatoms. The average Bonchev–Trinajstić information content (AvgIpc) is 3.09. The van der Waals surface area contributed by atoms with Crippen molar-refractivity contribution in [3.63, 3.8) is 0 Å². The fourth-order valence-electron chi connectivity index (χ4n) is 3.14. The fourth-order valence-corrected chi connectivity index (χ4v) is 3.14. The summed E-state index contributed by atoms with van der Waals surface area (Å²) in [7, 11) is 0. The van der Waals surface area contributed by atoms with Gasteiger partial charge in [0.05, 0.1) is 12.0 Å². The summed E-state index contributed by atoms with van der Waals surface area (Å²) in [6.45, 7) is 4.65. The van der Waals surface area contributed by atoms with Crippen LogP contribution in [0.3, 0.4) is 0 Å². The van der Waals surface area contributed by atoms with Gasteiger partial charge < -0.3 is 19.8 Å². The molecule has 3 rings (SSSR count). The number of hydrogen-bond acceptors (Lipinski definition) is 5. The zero-order valence-electron chi connectivity index (χ0n) is 14.3. The smallest absolute Gasteiger partial charge is 0.317 e. The van der Waals surface area contributed by atoms with Crippen molar-refractivity contribution in [1.29, 1.82) is 0 Å². The summed E-state index contributed by atoms with van der Waals surface area (Å²) in [6, 6.07) is 1.43. The number of nitrogens with one attached hydrogen (secondary N) is 2. The molecule has 3 heterocycles. The molecular weight excluding hydrogens is 322 g/mol. The van der Waals surface area contributed by atoms with E-state index in [0.717, 1.165) is 37.4 Å². The molecule has 0 bridgehead atoms. The first-order valence-corrected chi connectivity index (χ1v) is 8.61. The quantitative estimate of drug-likeness (QED) is 0.821. The number of urea groups is 1. The van der Waals surface area contributed by atoms with E-state index in [1.807, 2.05) is 11.5 Å². The van der Waals surface area contributed by atoms with E-state index in [2.05, 4.69) is 25.5 Å². The third-order valence-corrected chi connectivity index (χ3v) is 4.49. The van der Waals surface area contributed by atoms with Crippen molar-refractivity contribution in [3.05, 3.63) is 40.6 Å². The van der Waals surface area contributed by atoms with Gasteiger partial charge in [-0.25, -0.2) is 9.78 Å². The highest BCUT2D eigenvalue weighted by molar-refractivity contribution is 5.74. The van der Waals surface area contributed by atoms with Crippen LogP contribution < -0.4 is 10.9 Å². The minimum atomic E-state index is -0.161. The monoisotopic (exact) mass is 345 g/mol. The number of H-pyrrole nitrogens is 1. The maximum absolute atomic E-state index is 12.4. The number of amides is 2. The molecule has 2 aromatic heterocycles. The van der Waals surface area contributed by atoms with E-state index >= 15 is 0 Å². The molecule has 9 nitrogen and oxygen atoms in total. The van der Waals surface area contributed by atoms with E-state index in [1.165, 1.54) is 12.4 Å². The molecule has 0 saturated carbocycles. The number of rotatable bonds is 5. The molecule has 0 aromatic carbocycles. The number of hydrogen-bond donors (Lipinski definition) is 2. The Labute approximate surface area is 145 Å². The molecule has 2 N–H and O–H groups in total. The molecule has 25 heavy (non-hydrogen) atoms. The third kappa shape index (κ3) is 4.23. The van der Waals surface area contributed by atoms with Gasteiger partial charge in [0.1, 0.15) is 12.2 Å². The molecule has 1 aliphatic heterocycles. The number of aromatic amines is 1. The average molecular weight is 345 g/mol. The molecule has 0 spiro atoms. The normalized spacial score (nSPS) is 17.5. The Morgan fingerprint density at radius 2 is 2.36 bits per heavy atom. The maximum Gasteiger partial charge on any atom is 0.317 e. The van der Waals surface area contributed by atoms with Crippen LogP contribution in [0.15, 0.2) is 23.5 Å². The number of aromatic nitrogens is 5. The van der Waals surface area contributed by atoms with Gasteiger partial charge >= 0.3 is 6.03 Å². The molecule has 1 atom stereocenters. The Morgan fingerprint density at radius 1 is 1.48 bits per heavy atom. The van der Waals surface area contributed by atoms with Crippen LogP contribution in [-0.2, 0) is 13.0 Å². The molecule has 1 fully saturated rings. The van der Waals surface area contributed by atoms with Crippen LogP contribution in [0.5, 0.6) is 0 Å². The van der Waals surface area contributed by atoms with Crippen molar-refractivity contribution in [1.82, 2.24) is 34.9 Å². The predicted octanol–water partition coefficient (Wildman–Crippen LogP) is 0.513. The fraction of sp³-hybridized carbons (Fsp3) is 0.562. The van der Waals surface area contributed by atoms with E-state index in [1.54, 1.807) is 11.2 Å². The second-order valence-corrected chi connectivity index (χ2v) is 6.14. The van der Waals surface area contributed by atoms with Crippen molar-refractivity contribution in [2.45, 2.75) is 38.6 Å². The SMILES string of the molecule is CCn1cnnc1CCNC(=O)N1CCC[C@H](c2cc(=O)[nH]cn2)C1. The summed E-state index contributed by atoms with van der Waals surface area (Å²) in [5.41, 5.74) is 0.587. The van der Waals surface area contributed by atoms with Crippen LogP contribution in [0.1, 0.15) is 37.2 Å². The summed E-state index contributed by atoms with van der Waals surface area (Å²) in [5.74, 6) is 0.969. The van der Waals surface area contributed by atoms with Crippen LogP contribution in [0, 0.1) is 0 Å². The molecule has 134 valence electrons. The Balaban J connectivity index is 1.52. The first-order valence-electron chi connectivity index (χ1n) is 8.61. The maximum atomic E-state index is 12.4. The first-order chi connectivity index (χ1) is 12.2. The molecule has 0 unspecified atom stereocenters. The van der Waals surface area contributed by atoms with Gasteiger partial charge in [0.2, 0.25) is 0 Å². The highest BCUT2D eigenvalue weighted by Gasteiger charge is 2.25. The van der Waals surface area contributed by atoms with Gasteiger partial charge in [-0.1, -0.05) is 0 Å². The molecule has 0 radical (unpaired) electrons. The molecule has 0 aliphatic carbocycles. The predicted molar refractivity (Wildman–Crippen MR) is 91.2 cm³/mol. The van der Waals surface area contributed by atoms with Crippen molar-refractivity contribution in [2.75, 3.05) is 19.6 Å². The number of carbonyl (C=O) groups excluding carboxylic acids is 1. The molecule has 2 amide bonds. The van der Waals surface area contributed by atoms with Crippen molar-refractivity contribution >= 4 is 6.03 Å². The lowest BCUT2D eigenvalue weighted by Gasteiger charge is -2.32. The van der Waals surface area contributed by atoms with Crippen LogP contribution in [0.25, 0.3) is 0 Å². The second kappa shape index (κ2) is 7.91. The lowest BCUT2D eigenvalue weighted by Crippen LogP contribution is -2.45. The Bertz CT molecular complexity index is 770. The second-order valence-electron chi connectivity index (χ2n) is 6.14. The Kier molecular flexibility index (Phi) is 5.42. The van der Waals surface area contributed by atoms with E-state index in [-0.39, 0.29) is 17.5 Å². The van der Waals surface area contributed by atoms with Crippen LogP contribution in [0.2, 0.25) is 0 Å². The standard InChI is InChI=1S/C16H23N7O2/c1-2-22-11-20-21-14(22)5-6-17-16(25)23-7-3-4-12(9-23)13-8-15(24)19-10-18-13/h8,10-12H,2-7,9H2,1H3,(H,17,25)(H,18,19,24)/t12-/m0/s1.